The van der Waals surface area contributed by atoms with Gasteiger partial charge in [-0.3, -0.25) is 0 Å². The minimum atomic E-state index is 0.547. The van der Waals surface area contributed by atoms with Crippen LogP contribution in [0.2, 0.25) is 0 Å². The fourth-order valence-corrected chi connectivity index (χ4v) is 2.97. The second-order valence-corrected chi connectivity index (χ2v) is 6.26. The summed E-state index contributed by atoms with van der Waals surface area (Å²) in [5, 5.41) is 4.26. The summed E-state index contributed by atoms with van der Waals surface area (Å²) in [6, 6.07) is 0.547. The van der Waals surface area contributed by atoms with Crippen LogP contribution in [0.25, 0.3) is 0 Å². The average Bonchev–Trinajstić information content (AvgIpc) is 3.03. The van der Waals surface area contributed by atoms with E-state index in [2.05, 4.69) is 23.9 Å². The van der Waals surface area contributed by atoms with Gasteiger partial charge in [0.05, 0.1) is 6.04 Å². The van der Waals surface area contributed by atoms with Crippen LogP contribution in [-0.2, 0) is 0 Å². The first-order valence-corrected chi connectivity index (χ1v) is 9.22. The lowest BCUT2D eigenvalue weighted by atomic mass is 10.0. The number of nitrogens with zero attached hydrogens (tertiary/aromatic N) is 3. The van der Waals surface area contributed by atoms with E-state index in [1.807, 2.05) is 11.0 Å². The Balaban J connectivity index is 1.88. The highest BCUT2D eigenvalue weighted by Crippen LogP contribution is 2.19. The fourth-order valence-electron chi connectivity index (χ4n) is 2.97. The van der Waals surface area contributed by atoms with Crippen LogP contribution in [-0.4, -0.2) is 14.8 Å². The van der Waals surface area contributed by atoms with Crippen LogP contribution in [0, 0.1) is 0 Å². The van der Waals surface area contributed by atoms with Gasteiger partial charge in [-0.1, -0.05) is 84.5 Å². The van der Waals surface area contributed by atoms with E-state index in [0.29, 0.717) is 6.04 Å². The van der Waals surface area contributed by atoms with Crippen molar-refractivity contribution < 1.29 is 0 Å². The Hall–Kier alpha value is -0.860. The van der Waals surface area contributed by atoms with Crippen LogP contribution in [0.1, 0.15) is 103 Å². The third-order valence-electron chi connectivity index (χ3n) is 4.42. The van der Waals surface area contributed by atoms with Crippen molar-refractivity contribution in [1.82, 2.24) is 14.8 Å². The van der Waals surface area contributed by atoms with Crippen molar-refractivity contribution >= 4 is 0 Å². The van der Waals surface area contributed by atoms with Crippen LogP contribution in [0.4, 0.5) is 0 Å². The maximum atomic E-state index is 4.26. The lowest BCUT2D eigenvalue weighted by molar-refractivity contribution is 0.392. The van der Waals surface area contributed by atoms with Crippen LogP contribution in [0.15, 0.2) is 12.7 Å². The van der Waals surface area contributed by atoms with E-state index in [0.717, 1.165) is 6.42 Å². The summed E-state index contributed by atoms with van der Waals surface area (Å²) in [6.45, 7) is 4.52. The molecule has 1 unspecified atom stereocenters. The summed E-state index contributed by atoms with van der Waals surface area (Å²) in [5.41, 5.74) is 0. The molecule has 1 heterocycles. The van der Waals surface area contributed by atoms with Gasteiger partial charge >= 0.3 is 0 Å². The third-order valence-corrected chi connectivity index (χ3v) is 4.42. The largest absolute Gasteiger partial charge is 0.250 e. The topological polar surface area (TPSA) is 30.7 Å². The van der Waals surface area contributed by atoms with E-state index < -0.39 is 0 Å². The van der Waals surface area contributed by atoms with Gasteiger partial charge in [-0.25, -0.2) is 9.67 Å². The van der Waals surface area contributed by atoms with Gasteiger partial charge < -0.3 is 0 Å². The van der Waals surface area contributed by atoms with Crippen molar-refractivity contribution in [1.29, 1.82) is 0 Å². The van der Waals surface area contributed by atoms with Crippen molar-refractivity contribution in [3.8, 4) is 0 Å². The SMILES string of the molecule is CCCCCCCCCCCCCC(CC)n1cncn1. The maximum absolute atomic E-state index is 4.26. The van der Waals surface area contributed by atoms with Gasteiger partial charge in [0, 0.05) is 0 Å². The van der Waals surface area contributed by atoms with Gasteiger partial charge in [-0.2, -0.15) is 5.10 Å². The average molecular weight is 293 g/mol. The number of hydrogen-bond acceptors (Lipinski definition) is 2. The Labute approximate surface area is 131 Å². The predicted molar refractivity (Wildman–Crippen MR) is 90.4 cm³/mol. The van der Waals surface area contributed by atoms with E-state index >= 15 is 0 Å². The van der Waals surface area contributed by atoms with E-state index in [9.17, 15) is 0 Å². The molecule has 122 valence electrons. The zero-order valence-electron chi connectivity index (χ0n) is 14.3. The minimum absolute atomic E-state index is 0.547. The first-order chi connectivity index (χ1) is 10.4. The number of hydrogen-bond donors (Lipinski definition) is 0. The molecule has 3 nitrogen and oxygen atoms in total. The first-order valence-electron chi connectivity index (χ1n) is 9.22. The third kappa shape index (κ3) is 8.90. The predicted octanol–water partition coefficient (Wildman–Crippen LogP) is 5.93. The highest BCUT2D eigenvalue weighted by Gasteiger charge is 2.08. The van der Waals surface area contributed by atoms with Crippen molar-refractivity contribution in [3.05, 3.63) is 12.7 Å². The van der Waals surface area contributed by atoms with Gasteiger partial charge in [0.2, 0.25) is 0 Å². The zero-order chi connectivity index (χ0) is 15.2. The van der Waals surface area contributed by atoms with E-state index in [-0.39, 0.29) is 0 Å². The molecule has 0 amide bonds. The van der Waals surface area contributed by atoms with Crippen LogP contribution < -0.4 is 0 Å². The van der Waals surface area contributed by atoms with Crippen LogP contribution >= 0.6 is 0 Å². The minimum Gasteiger partial charge on any atom is -0.250 e. The summed E-state index contributed by atoms with van der Waals surface area (Å²) in [7, 11) is 0. The smallest absolute Gasteiger partial charge is 0.137 e. The standard InChI is InChI=1S/C18H35N3/c1-3-5-6-7-8-9-10-11-12-13-14-15-18(4-2)21-17-19-16-20-21/h16-18H,3-15H2,1-2H3. The first kappa shape index (κ1) is 18.2. The molecule has 21 heavy (non-hydrogen) atoms. The Bertz CT molecular complexity index is 308. The van der Waals surface area contributed by atoms with Gasteiger partial charge in [-0.05, 0) is 12.8 Å². The molecule has 0 aliphatic carbocycles. The van der Waals surface area contributed by atoms with Gasteiger partial charge in [-0.15, -0.1) is 0 Å². The molecule has 0 fully saturated rings. The molecule has 3 heteroatoms. The fraction of sp³-hybridized carbons (Fsp3) is 0.889. The second-order valence-electron chi connectivity index (χ2n) is 6.26. The quantitative estimate of drug-likeness (QED) is 0.398. The zero-order valence-corrected chi connectivity index (χ0v) is 14.3. The van der Waals surface area contributed by atoms with Gasteiger partial charge in [0.15, 0.2) is 0 Å². The molecule has 0 radical (unpaired) electrons. The van der Waals surface area contributed by atoms with E-state index in [1.165, 1.54) is 77.0 Å². The highest BCUT2D eigenvalue weighted by atomic mass is 15.3. The molecule has 1 rings (SSSR count). The molecule has 1 atom stereocenters. The molecule has 1 aromatic rings. The van der Waals surface area contributed by atoms with Gasteiger partial charge in [0.25, 0.3) is 0 Å². The summed E-state index contributed by atoms with van der Waals surface area (Å²) < 4.78 is 2.02. The van der Waals surface area contributed by atoms with Crippen LogP contribution in [0.3, 0.4) is 0 Å². The molecular weight excluding hydrogens is 258 g/mol. The molecule has 0 aliphatic rings. The molecular formula is C18H35N3. The molecule has 1 aromatic heterocycles. The van der Waals surface area contributed by atoms with E-state index in [1.54, 1.807) is 6.33 Å². The Morgan fingerprint density at radius 2 is 1.38 bits per heavy atom. The molecule has 0 N–H and O–H groups in total. The second kappa shape index (κ2) is 12.8. The van der Waals surface area contributed by atoms with E-state index in [4.69, 9.17) is 0 Å². The van der Waals surface area contributed by atoms with Crippen molar-refractivity contribution in [3.63, 3.8) is 0 Å². The molecule has 0 aromatic carbocycles. The van der Waals surface area contributed by atoms with Crippen molar-refractivity contribution in [2.75, 3.05) is 0 Å². The molecule has 0 saturated carbocycles. The number of unbranched alkanes of at least 4 members (excludes halogenated alkanes) is 10. The molecule has 0 bridgehead atoms. The lowest BCUT2D eigenvalue weighted by Gasteiger charge is -2.14. The molecule has 0 aliphatic heterocycles. The van der Waals surface area contributed by atoms with Crippen molar-refractivity contribution in [2.45, 2.75) is 103 Å². The van der Waals surface area contributed by atoms with Crippen molar-refractivity contribution in [2.24, 2.45) is 0 Å². The number of rotatable bonds is 14. The maximum Gasteiger partial charge on any atom is 0.137 e. The highest BCUT2D eigenvalue weighted by molar-refractivity contribution is 4.67. The lowest BCUT2D eigenvalue weighted by Crippen LogP contribution is -2.08. The van der Waals surface area contributed by atoms with Crippen LogP contribution in [0.5, 0.6) is 0 Å². The summed E-state index contributed by atoms with van der Waals surface area (Å²) >= 11 is 0. The van der Waals surface area contributed by atoms with Gasteiger partial charge in [0.1, 0.15) is 12.7 Å². The Morgan fingerprint density at radius 1 is 0.810 bits per heavy atom. The summed E-state index contributed by atoms with van der Waals surface area (Å²) in [4.78, 5) is 4.05. The normalized spacial score (nSPS) is 12.7. The Kier molecular flexibility index (Phi) is 11.1. The summed E-state index contributed by atoms with van der Waals surface area (Å²) in [6.07, 6.45) is 21.4. The monoisotopic (exact) mass is 293 g/mol. The summed E-state index contributed by atoms with van der Waals surface area (Å²) in [5.74, 6) is 0. The molecule has 0 saturated heterocycles. The molecule has 0 spiro atoms. The number of aromatic nitrogens is 3. The Morgan fingerprint density at radius 3 is 1.86 bits per heavy atom.